The number of aromatic nitrogens is 1. The van der Waals surface area contributed by atoms with E-state index in [9.17, 15) is 14.4 Å². The summed E-state index contributed by atoms with van der Waals surface area (Å²) < 4.78 is 10.7. The first-order valence-corrected chi connectivity index (χ1v) is 12.2. The van der Waals surface area contributed by atoms with Gasteiger partial charge in [-0.1, -0.05) is 24.3 Å². The van der Waals surface area contributed by atoms with E-state index in [4.69, 9.17) is 9.47 Å². The van der Waals surface area contributed by atoms with E-state index in [1.54, 1.807) is 31.6 Å². The van der Waals surface area contributed by atoms with Gasteiger partial charge in [0.15, 0.2) is 0 Å². The summed E-state index contributed by atoms with van der Waals surface area (Å²) in [5.41, 5.74) is 0.269. The van der Waals surface area contributed by atoms with Gasteiger partial charge < -0.3 is 14.4 Å². The lowest BCUT2D eigenvalue weighted by molar-refractivity contribution is -0.144. The van der Waals surface area contributed by atoms with Crippen LogP contribution in [0, 0.1) is 0 Å². The molecule has 1 aromatic carbocycles. The Labute approximate surface area is 206 Å². The van der Waals surface area contributed by atoms with Gasteiger partial charge in [-0.05, 0) is 43.4 Å². The third kappa shape index (κ3) is 4.93. The van der Waals surface area contributed by atoms with Gasteiger partial charge in [-0.3, -0.25) is 24.3 Å². The largest absolute Gasteiger partial charge is 0.496 e. The lowest BCUT2D eigenvalue weighted by Gasteiger charge is -2.38. The van der Waals surface area contributed by atoms with Crippen LogP contribution < -0.4 is 4.74 Å². The van der Waals surface area contributed by atoms with Crippen LogP contribution in [0.2, 0.25) is 0 Å². The summed E-state index contributed by atoms with van der Waals surface area (Å²) in [6, 6.07) is 11.0. The number of methoxy groups -OCH3 is 2. The number of ether oxygens (including phenoxy) is 2. The molecule has 0 spiro atoms. The number of likely N-dealkylation sites (tertiary alicyclic amines) is 2. The lowest BCUT2D eigenvalue weighted by atomic mass is 9.74. The highest BCUT2D eigenvalue weighted by molar-refractivity contribution is 6.11. The Bertz CT molecular complexity index is 1060. The predicted octanol–water partition coefficient (Wildman–Crippen LogP) is 3.27. The third-order valence-corrected chi connectivity index (χ3v) is 7.11. The molecule has 4 rings (SSSR count). The second-order valence-electron chi connectivity index (χ2n) is 9.22. The van der Waals surface area contributed by atoms with Crippen LogP contribution in [-0.2, 0) is 24.5 Å². The SMILES string of the molecule is COCCCN1C(=O)C[C@@](CC(=O)N2CCCC[C@H]2c2cccnc2)(c2ccccc2OC)C1=O. The van der Waals surface area contributed by atoms with E-state index < -0.39 is 5.41 Å². The number of carbonyl (C=O) groups excluding carboxylic acids is 3. The van der Waals surface area contributed by atoms with Crippen LogP contribution in [-0.4, -0.2) is 66.4 Å². The average Bonchev–Trinajstić information content (AvgIpc) is 3.14. The molecule has 2 aliphatic heterocycles. The van der Waals surface area contributed by atoms with Crippen LogP contribution in [0.4, 0.5) is 0 Å². The molecule has 8 nitrogen and oxygen atoms in total. The maximum atomic E-state index is 13.9. The van der Waals surface area contributed by atoms with Crippen molar-refractivity contribution < 1.29 is 23.9 Å². The molecule has 186 valence electrons. The number of para-hydroxylation sites is 1. The summed E-state index contributed by atoms with van der Waals surface area (Å²) in [5.74, 6) is -0.245. The molecule has 1 aromatic heterocycles. The van der Waals surface area contributed by atoms with Gasteiger partial charge in [0.2, 0.25) is 17.7 Å². The number of rotatable bonds is 9. The van der Waals surface area contributed by atoms with Crippen molar-refractivity contribution in [2.24, 2.45) is 0 Å². The molecule has 0 bridgehead atoms. The van der Waals surface area contributed by atoms with Crippen molar-refractivity contribution in [1.29, 1.82) is 0 Å². The van der Waals surface area contributed by atoms with Gasteiger partial charge in [0.1, 0.15) is 5.75 Å². The van der Waals surface area contributed by atoms with E-state index in [2.05, 4.69) is 4.98 Å². The Morgan fingerprint density at radius 1 is 1.14 bits per heavy atom. The monoisotopic (exact) mass is 479 g/mol. The lowest BCUT2D eigenvalue weighted by Crippen LogP contribution is -2.46. The molecule has 0 N–H and O–H groups in total. The molecule has 8 heteroatoms. The highest BCUT2D eigenvalue weighted by Gasteiger charge is 2.55. The Hall–Kier alpha value is -3.26. The molecule has 2 aromatic rings. The molecular weight excluding hydrogens is 446 g/mol. The number of carbonyl (C=O) groups is 3. The molecule has 2 aliphatic rings. The molecule has 3 heterocycles. The second kappa shape index (κ2) is 11.0. The summed E-state index contributed by atoms with van der Waals surface area (Å²) in [6.07, 6.45) is 6.68. The first-order valence-electron chi connectivity index (χ1n) is 12.2. The van der Waals surface area contributed by atoms with Crippen molar-refractivity contribution in [3.05, 3.63) is 59.9 Å². The molecular formula is C27H33N3O5. The number of imide groups is 1. The van der Waals surface area contributed by atoms with Gasteiger partial charge in [0, 0.05) is 57.6 Å². The number of pyridine rings is 1. The number of hydrogen-bond acceptors (Lipinski definition) is 6. The van der Waals surface area contributed by atoms with E-state index in [1.165, 1.54) is 12.0 Å². The van der Waals surface area contributed by atoms with Crippen LogP contribution in [0.5, 0.6) is 5.75 Å². The third-order valence-electron chi connectivity index (χ3n) is 7.11. The summed E-state index contributed by atoms with van der Waals surface area (Å²) in [4.78, 5) is 48.3. The molecule has 2 saturated heterocycles. The molecule has 2 fully saturated rings. The molecule has 0 radical (unpaired) electrons. The number of amides is 3. The van der Waals surface area contributed by atoms with Gasteiger partial charge in [0.05, 0.1) is 18.6 Å². The molecule has 0 aliphatic carbocycles. The molecule has 3 amide bonds. The summed E-state index contributed by atoms with van der Waals surface area (Å²) >= 11 is 0. The minimum Gasteiger partial charge on any atom is -0.496 e. The van der Waals surface area contributed by atoms with Crippen molar-refractivity contribution >= 4 is 17.7 Å². The van der Waals surface area contributed by atoms with E-state index in [1.807, 2.05) is 29.2 Å². The zero-order valence-electron chi connectivity index (χ0n) is 20.4. The van der Waals surface area contributed by atoms with Crippen LogP contribution in [0.3, 0.4) is 0 Å². The van der Waals surface area contributed by atoms with E-state index in [0.29, 0.717) is 30.9 Å². The van der Waals surface area contributed by atoms with Crippen molar-refractivity contribution in [3.8, 4) is 5.75 Å². The van der Waals surface area contributed by atoms with Crippen LogP contribution in [0.15, 0.2) is 48.8 Å². The number of benzene rings is 1. The predicted molar refractivity (Wildman–Crippen MR) is 130 cm³/mol. The van der Waals surface area contributed by atoms with E-state index in [0.717, 1.165) is 24.8 Å². The molecule has 0 saturated carbocycles. The van der Waals surface area contributed by atoms with Crippen molar-refractivity contribution in [1.82, 2.24) is 14.8 Å². The van der Waals surface area contributed by atoms with E-state index >= 15 is 0 Å². The topological polar surface area (TPSA) is 89.0 Å². The fraction of sp³-hybridized carbons (Fsp3) is 0.481. The zero-order chi connectivity index (χ0) is 24.8. The quantitative estimate of drug-likeness (QED) is 0.405. The van der Waals surface area contributed by atoms with Gasteiger partial charge in [-0.25, -0.2) is 0 Å². The molecule has 2 atom stereocenters. The highest BCUT2D eigenvalue weighted by Crippen LogP contribution is 2.45. The zero-order valence-corrected chi connectivity index (χ0v) is 20.4. The maximum absolute atomic E-state index is 13.9. The van der Waals surface area contributed by atoms with Crippen LogP contribution >= 0.6 is 0 Å². The van der Waals surface area contributed by atoms with E-state index in [-0.39, 0.29) is 43.1 Å². The fourth-order valence-corrected chi connectivity index (χ4v) is 5.39. The van der Waals surface area contributed by atoms with Crippen molar-refractivity contribution in [2.45, 2.75) is 50.0 Å². The van der Waals surface area contributed by atoms with Gasteiger partial charge >= 0.3 is 0 Å². The Balaban J connectivity index is 1.69. The second-order valence-corrected chi connectivity index (χ2v) is 9.22. The smallest absolute Gasteiger partial charge is 0.241 e. The summed E-state index contributed by atoms with van der Waals surface area (Å²) in [7, 11) is 3.12. The minimum atomic E-state index is -1.30. The van der Waals surface area contributed by atoms with Crippen LogP contribution in [0.1, 0.15) is 55.7 Å². The summed E-state index contributed by atoms with van der Waals surface area (Å²) in [5, 5.41) is 0. The standard InChI is InChI=1S/C27H33N3O5/c1-34-16-8-15-30-25(32)18-27(26(30)33,21-10-3-4-12-23(21)35-2)17-24(31)29-14-6-5-11-22(29)20-9-7-13-28-19-20/h3-4,7,9-10,12-13,19,22H,5-6,8,11,14-18H2,1-2H3/t22-,27-/m0/s1. The number of nitrogens with zero attached hydrogens (tertiary/aromatic N) is 3. The minimum absolute atomic E-state index is 0.0592. The number of hydrogen-bond donors (Lipinski definition) is 0. The maximum Gasteiger partial charge on any atom is 0.241 e. The Kier molecular flexibility index (Phi) is 7.80. The van der Waals surface area contributed by atoms with Crippen LogP contribution in [0.25, 0.3) is 0 Å². The Morgan fingerprint density at radius 3 is 2.71 bits per heavy atom. The van der Waals surface area contributed by atoms with Gasteiger partial charge in [0.25, 0.3) is 0 Å². The number of piperidine rings is 1. The van der Waals surface area contributed by atoms with Gasteiger partial charge in [-0.15, -0.1) is 0 Å². The molecule has 0 unspecified atom stereocenters. The normalized spacial score (nSPS) is 22.5. The first-order chi connectivity index (χ1) is 17.0. The summed E-state index contributed by atoms with van der Waals surface area (Å²) in [6.45, 7) is 1.32. The van der Waals surface area contributed by atoms with Gasteiger partial charge in [-0.2, -0.15) is 0 Å². The van der Waals surface area contributed by atoms with Crippen molar-refractivity contribution in [3.63, 3.8) is 0 Å². The first kappa shape index (κ1) is 24.9. The molecule has 35 heavy (non-hydrogen) atoms. The average molecular weight is 480 g/mol. The highest BCUT2D eigenvalue weighted by atomic mass is 16.5. The van der Waals surface area contributed by atoms with Crippen molar-refractivity contribution in [2.75, 3.05) is 33.9 Å². The fourth-order valence-electron chi connectivity index (χ4n) is 5.39. The Morgan fingerprint density at radius 2 is 1.97 bits per heavy atom.